The molecule has 0 radical (unpaired) electrons. The molecule has 1 aromatic rings. The summed E-state index contributed by atoms with van der Waals surface area (Å²) in [6.45, 7) is 2.41. The van der Waals surface area contributed by atoms with Crippen molar-refractivity contribution in [3.8, 4) is 0 Å². The highest BCUT2D eigenvalue weighted by molar-refractivity contribution is 6.29. The highest BCUT2D eigenvalue weighted by Gasteiger charge is 1.94. The fourth-order valence-corrected chi connectivity index (χ4v) is 1.09. The van der Waals surface area contributed by atoms with Crippen molar-refractivity contribution in [3.05, 3.63) is 28.5 Å². The van der Waals surface area contributed by atoms with Gasteiger partial charge in [-0.25, -0.2) is 4.98 Å². The minimum Gasteiger partial charge on any atom is -0.326 e. The monoisotopic (exact) mass is 156 g/mol. The van der Waals surface area contributed by atoms with E-state index in [2.05, 4.69) is 4.98 Å². The van der Waals surface area contributed by atoms with E-state index in [9.17, 15) is 0 Å². The average molecular weight is 157 g/mol. The van der Waals surface area contributed by atoms with Gasteiger partial charge in [0.1, 0.15) is 5.15 Å². The van der Waals surface area contributed by atoms with Gasteiger partial charge in [-0.3, -0.25) is 0 Å². The number of hydrogen-bond acceptors (Lipinski definition) is 2. The molecular formula is C7H9ClN2. The lowest BCUT2D eigenvalue weighted by molar-refractivity contribution is 1.04. The number of nitrogens with zero attached hydrogens (tertiary/aromatic N) is 1. The maximum atomic E-state index is 5.66. The van der Waals surface area contributed by atoms with Crippen LogP contribution in [0.15, 0.2) is 12.1 Å². The maximum Gasteiger partial charge on any atom is 0.129 e. The molecule has 1 heterocycles. The van der Waals surface area contributed by atoms with Crippen LogP contribution in [-0.4, -0.2) is 4.98 Å². The Morgan fingerprint density at radius 1 is 1.60 bits per heavy atom. The van der Waals surface area contributed by atoms with Gasteiger partial charge in [0, 0.05) is 12.2 Å². The van der Waals surface area contributed by atoms with Crippen LogP contribution in [0.25, 0.3) is 0 Å². The summed E-state index contributed by atoms with van der Waals surface area (Å²) in [6, 6.07) is 3.69. The first-order chi connectivity index (χ1) is 4.72. The molecule has 0 aliphatic carbocycles. The Balaban J connectivity index is 3.06. The van der Waals surface area contributed by atoms with Crippen LogP contribution in [0, 0.1) is 6.92 Å². The molecule has 0 aliphatic rings. The Morgan fingerprint density at radius 3 is 2.80 bits per heavy atom. The summed E-state index contributed by atoms with van der Waals surface area (Å²) in [7, 11) is 0. The van der Waals surface area contributed by atoms with Gasteiger partial charge >= 0.3 is 0 Å². The molecule has 0 saturated heterocycles. The quantitative estimate of drug-likeness (QED) is 0.626. The van der Waals surface area contributed by atoms with Crippen molar-refractivity contribution in [2.24, 2.45) is 5.73 Å². The number of hydrogen-bond donors (Lipinski definition) is 1. The molecule has 2 nitrogen and oxygen atoms in total. The molecule has 3 heteroatoms. The van der Waals surface area contributed by atoms with E-state index in [1.165, 1.54) is 0 Å². The second-order valence-corrected chi connectivity index (χ2v) is 2.53. The predicted molar refractivity (Wildman–Crippen MR) is 41.9 cm³/mol. The lowest BCUT2D eigenvalue weighted by atomic mass is 10.2. The van der Waals surface area contributed by atoms with Crippen molar-refractivity contribution in [1.29, 1.82) is 0 Å². The van der Waals surface area contributed by atoms with Gasteiger partial charge in [-0.15, -0.1) is 0 Å². The molecule has 2 N–H and O–H groups in total. The molecule has 0 aromatic carbocycles. The van der Waals surface area contributed by atoms with Crippen LogP contribution in [0.4, 0.5) is 0 Å². The standard InChI is InChI=1S/C7H9ClN2/c1-5-2-6(4-9)3-7(8)10-5/h2-3H,4,9H2,1H3. The third-order valence-corrected chi connectivity index (χ3v) is 1.41. The van der Waals surface area contributed by atoms with Crippen molar-refractivity contribution in [2.45, 2.75) is 13.5 Å². The molecule has 54 valence electrons. The Kier molecular flexibility index (Phi) is 2.25. The van der Waals surface area contributed by atoms with E-state index in [4.69, 9.17) is 17.3 Å². The molecule has 0 amide bonds. The summed E-state index contributed by atoms with van der Waals surface area (Å²) in [4.78, 5) is 3.99. The summed E-state index contributed by atoms with van der Waals surface area (Å²) < 4.78 is 0. The van der Waals surface area contributed by atoms with E-state index in [1.807, 2.05) is 13.0 Å². The first-order valence-electron chi connectivity index (χ1n) is 3.05. The minimum atomic E-state index is 0.514. The Hall–Kier alpha value is -0.600. The Morgan fingerprint density at radius 2 is 2.30 bits per heavy atom. The molecule has 0 spiro atoms. The molecule has 1 aromatic heterocycles. The van der Waals surface area contributed by atoms with Gasteiger partial charge in [0.15, 0.2) is 0 Å². The van der Waals surface area contributed by atoms with Gasteiger partial charge in [0.05, 0.1) is 0 Å². The van der Waals surface area contributed by atoms with Gasteiger partial charge in [0.2, 0.25) is 0 Å². The number of aromatic nitrogens is 1. The Labute approximate surface area is 65.0 Å². The molecule has 1 rings (SSSR count). The summed E-state index contributed by atoms with van der Waals surface area (Å²) in [5.41, 5.74) is 7.34. The molecular weight excluding hydrogens is 148 g/mol. The van der Waals surface area contributed by atoms with Gasteiger partial charge in [0.25, 0.3) is 0 Å². The predicted octanol–water partition coefficient (Wildman–Crippen LogP) is 1.50. The van der Waals surface area contributed by atoms with Crippen molar-refractivity contribution in [2.75, 3.05) is 0 Å². The third-order valence-electron chi connectivity index (χ3n) is 1.22. The largest absolute Gasteiger partial charge is 0.326 e. The van der Waals surface area contributed by atoms with Gasteiger partial charge in [-0.1, -0.05) is 11.6 Å². The molecule has 0 atom stereocenters. The second kappa shape index (κ2) is 2.99. The highest BCUT2D eigenvalue weighted by Crippen LogP contribution is 2.08. The average Bonchev–Trinajstić information content (AvgIpc) is 1.85. The van der Waals surface area contributed by atoms with Crippen molar-refractivity contribution in [3.63, 3.8) is 0 Å². The molecule has 0 saturated carbocycles. The van der Waals surface area contributed by atoms with Crippen LogP contribution in [0.5, 0.6) is 0 Å². The smallest absolute Gasteiger partial charge is 0.129 e. The first kappa shape index (κ1) is 7.51. The van der Waals surface area contributed by atoms with Crippen molar-refractivity contribution in [1.82, 2.24) is 4.98 Å². The van der Waals surface area contributed by atoms with E-state index in [0.29, 0.717) is 11.7 Å². The fourth-order valence-electron chi connectivity index (χ4n) is 0.814. The number of pyridine rings is 1. The molecule has 0 aliphatic heterocycles. The lowest BCUT2D eigenvalue weighted by Crippen LogP contribution is -1.97. The van der Waals surface area contributed by atoms with Crippen LogP contribution < -0.4 is 5.73 Å². The number of nitrogens with two attached hydrogens (primary N) is 1. The number of rotatable bonds is 1. The summed E-state index contributed by atoms with van der Waals surface area (Å²) in [6.07, 6.45) is 0. The van der Waals surface area contributed by atoms with Crippen molar-refractivity contribution >= 4 is 11.6 Å². The molecule has 0 fully saturated rings. The van der Waals surface area contributed by atoms with Gasteiger partial charge < -0.3 is 5.73 Å². The van der Waals surface area contributed by atoms with E-state index in [-0.39, 0.29) is 0 Å². The lowest BCUT2D eigenvalue weighted by Gasteiger charge is -1.98. The van der Waals surface area contributed by atoms with Crippen molar-refractivity contribution < 1.29 is 0 Å². The number of aryl methyl sites for hydroxylation is 1. The van der Waals surface area contributed by atoms with Crippen LogP contribution in [0.1, 0.15) is 11.3 Å². The van der Waals surface area contributed by atoms with Crippen LogP contribution in [-0.2, 0) is 6.54 Å². The van der Waals surface area contributed by atoms with Gasteiger partial charge in [-0.2, -0.15) is 0 Å². The van der Waals surface area contributed by atoms with E-state index < -0.39 is 0 Å². The summed E-state index contributed by atoms with van der Waals surface area (Å²) in [5.74, 6) is 0. The second-order valence-electron chi connectivity index (χ2n) is 2.14. The number of halogens is 1. The molecule has 0 unspecified atom stereocenters. The van der Waals surface area contributed by atoms with Crippen LogP contribution in [0.2, 0.25) is 5.15 Å². The third kappa shape index (κ3) is 1.69. The minimum absolute atomic E-state index is 0.514. The Bertz CT molecular complexity index is 215. The maximum absolute atomic E-state index is 5.66. The van der Waals surface area contributed by atoms with Crippen LogP contribution >= 0.6 is 11.6 Å². The topological polar surface area (TPSA) is 38.9 Å². The first-order valence-corrected chi connectivity index (χ1v) is 3.43. The molecule has 0 bridgehead atoms. The normalized spacial score (nSPS) is 9.90. The fraction of sp³-hybridized carbons (Fsp3) is 0.286. The van der Waals surface area contributed by atoms with Crippen LogP contribution in [0.3, 0.4) is 0 Å². The SMILES string of the molecule is Cc1cc(CN)cc(Cl)n1. The zero-order valence-corrected chi connectivity index (χ0v) is 6.52. The van der Waals surface area contributed by atoms with Gasteiger partial charge in [-0.05, 0) is 24.6 Å². The zero-order chi connectivity index (χ0) is 7.56. The molecule has 10 heavy (non-hydrogen) atoms. The summed E-state index contributed by atoms with van der Waals surface area (Å²) >= 11 is 5.66. The van der Waals surface area contributed by atoms with E-state index >= 15 is 0 Å². The van der Waals surface area contributed by atoms with E-state index in [1.54, 1.807) is 6.07 Å². The highest BCUT2D eigenvalue weighted by atomic mass is 35.5. The summed E-state index contributed by atoms with van der Waals surface area (Å²) in [5, 5.41) is 0.514. The van der Waals surface area contributed by atoms with E-state index in [0.717, 1.165) is 11.3 Å². The zero-order valence-electron chi connectivity index (χ0n) is 5.76.